The van der Waals surface area contributed by atoms with Gasteiger partial charge in [-0.05, 0) is 43.5 Å². The first-order valence-electron chi connectivity index (χ1n) is 10.6. The molecule has 2 aromatic rings. The van der Waals surface area contributed by atoms with Crippen molar-refractivity contribution in [3.8, 4) is 0 Å². The molecule has 0 spiro atoms. The maximum absolute atomic E-state index is 12.8. The molecule has 164 valence electrons. The topological polar surface area (TPSA) is 92.8 Å². The van der Waals surface area contributed by atoms with Crippen LogP contribution in [-0.2, 0) is 19.1 Å². The summed E-state index contributed by atoms with van der Waals surface area (Å²) >= 11 is 0. The quantitative estimate of drug-likeness (QED) is 0.430. The van der Waals surface area contributed by atoms with Gasteiger partial charge in [0.15, 0.2) is 6.61 Å². The summed E-state index contributed by atoms with van der Waals surface area (Å²) in [6.45, 7) is 1.41. The van der Waals surface area contributed by atoms with E-state index in [1.807, 2.05) is 49.4 Å². The lowest BCUT2D eigenvalue weighted by atomic mass is 9.85. The minimum atomic E-state index is -0.701. The lowest BCUT2D eigenvalue weighted by Crippen LogP contribution is -2.31. The molecular formula is C25H24N2O5. The number of benzene rings is 2. The van der Waals surface area contributed by atoms with E-state index in [1.165, 1.54) is 12.1 Å². The van der Waals surface area contributed by atoms with E-state index < -0.39 is 18.5 Å². The Morgan fingerprint density at radius 2 is 1.66 bits per heavy atom. The molecule has 0 unspecified atom stereocenters. The highest BCUT2D eigenvalue weighted by molar-refractivity contribution is 6.22. The Kier molecular flexibility index (Phi) is 6.16. The van der Waals surface area contributed by atoms with Crippen LogP contribution in [0.1, 0.15) is 41.7 Å². The van der Waals surface area contributed by atoms with Crippen LogP contribution in [0, 0.1) is 11.8 Å². The summed E-state index contributed by atoms with van der Waals surface area (Å²) in [4.78, 5) is 51.4. The zero-order valence-electron chi connectivity index (χ0n) is 17.7. The van der Waals surface area contributed by atoms with Crippen molar-refractivity contribution in [3.05, 3.63) is 77.9 Å². The van der Waals surface area contributed by atoms with Crippen molar-refractivity contribution in [2.75, 3.05) is 11.5 Å². The first kappa shape index (κ1) is 21.5. The SMILES string of the molecule is C[C@H](NC(=O)COC(=O)c1cccc(N2C(=O)[C@@H]3CC=CC[C@H]3C2=O)c1)c1ccccc1. The molecule has 1 fully saturated rings. The van der Waals surface area contributed by atoms with E-state index in [0.29, 0.717) is 18.5 Å². The van der Waals surface area contributed by atoms with Crippen LogP contribution in [0.5, 0.6) is 0 Å². The van der Waals surface area contributed by atoms with Gasteiger partial charge in [0.05, 0.1) is 29.1 Å². The molecule has 1 N–H and O–H groups in total. The van der Waals surface area contributed by atoms with E-state index in [4.69, 9.17) is 4.74 Å². The summed E-state index contributed by atoms with van der Waals surface area (Å²) in [6.07, 6.45) is 4.94. The number of hydrogen-bond donors (Lipinski definition) is 1. The molecule has 0 aromatic heterocycles. The predicted molar refractivity (Wildman–Crippen MR) is 118 cm³/mol. The van der Waals surface area contributed by atoms with Crippen LogP contribution in [0.4, 0.5) is 5.69 Å². The summed E-state index contributed by atoms with van der Waals surface area (Å²) in [7, 11) is 0. The van der Waals surface area contributed by atoms with Crippen LogP contribution < -0.4 is 10.2 Å². The Morgan fingerprint density at radius 3 is 2.31 bits per heavy atom. The van der Waals surface area contributed by atoms with Gasteiger partial charge >= 0.3 is 5.97 Å². The summed E-state index contributed by atoms with van der Waals surface area (Å²) in [6, 6.07) is 15.4. The van der Waals surface area contributed by atoms with Gasteiger partial charge in [0.1, 0.15) is 0 Å². The van der Waals surface area contributed by atoms with E-state index >= 15 is 0 Å². The van der Waals surface area contributed by atoms with Crippen molar-refractivity contribution in [3.63, 3.8) is 0 Å². The number of ether oxygens (including phenoxy) is 1. The number of nitrogens with one attached hydrogen (secondary N) is 1. The van der Waals surface area contributed by atoms with Crippen LogP contribution in [0.3, 0.4) is 0 Å². The average Bonchev–Trinajstić information content (AvgIpc) is 3.08. The van der Waals surface area contributed by atoms with Gasteiger partial charge in [-0.15, -0.1) is 0 Å². The monoisotopic (exact) mass is 432 g/mol. The van der Waals surface area contributed by atoms with E-state index in [-0.39, 0.29) is 35.3 Å². The van der Waals surface area contributed by atoms with E-state index in [0.717, 1.165) is 10.5 Å². The summed E-state index contributed by atoms with van der Waals surface area (Å²) in [5, 5.41) is 2.78. The molecular weight excluding hydrogens is 408 g/mol. The number of imide groups is 1. The van der Waals surface area contributed by atoms with Crippen LogP contribution >= 0.6 is 0 Å². The first-order chi connectivity index (χ1) is 15.5. The van der Waals surface area contributed by atoms with Crippen LogP contribution in [0.25, 0.3) is 0 Å². The van der Waals surface area contributed by atoms with Crippen molar-refractivity contribution in [1.82, 2.24) is 5.32 Å². The number of carbonyl (C=O) groups excluding carboxylic acids is 4. The summed E-state index contributed by atoms with van der Waals surface area (Å²) in [5.74, 6) is -2.31. The van der Waals surface area contributed by atoms with Crippen molar-refractivity contribution in [2.45, 2.75) is 25.8 Å². The number of amides is 3. The molecule has 3 atom stereocenters. The second-order valence-corrected chi connectivity index (χ2v) is 7.99. The van der Waals surface area contributed by atoms with Gasteiger partial charge in [0, 0.05) is 0 Å². The third-order valence-electron chi connectivity index (χ3n) is 5.86. The molecule has 2 aliphatic rings. The zero-order valence-corrected chi connectivity index (χ0v) is 17.7. The molecule has 1 aliphatic carbocycles. The van der Waals surface area contributed by atoms with Crippen LogP contribution in [0.15, 0.2) is 66.7 Å². The summed E-state index contributed by atoms with van der Waals surface area (Å²) in [5.41, 5.74) is 1.45. The van der Waals surface area contributed by atoms with Gasteiger partial charge in [-0.25, -0.2) is 4.79 Å². The number of carbonyl (C=O) groups is 4. The molecule has 1 heterocycles. The second kappa shape index (κ2) is 9.18. The van der Waals surface area contributed by atoms with Crippen LogP contribution in [-0.4, -0.2) is 30.3 Å². The van der Waals surface area contributed by atoms with Crippen molar-refractivity contribution in [1.29, 1.82) is 0 Å². The van der Waals surface area contributed by atoms with Crippen LogP contribution in [0.2, 0.25) is 0 Å². The Balaban J connectivity index is 1.38. The average molecular weight is 432 g/mol. The zero-order chi connectivity index (χ0) is 22.7. The third kappa shape index (κ3) is 4.32. The van der Waals surface area contributed by atoms with Crippen molar-refractivity contribution in [2.24, 2.45) is 11.8 Å². The molecule has 7 heteroatoms. The smallest absolute Gasteiger partial charge is 0.338 e. The molecule has 0 saturated carbocycles. The Bertz CT molecular complexity index is 1050. The molecule has 3 amide bonds. The standard InChI is InChI=1S/C25H24N2O5/c1-16(17-8-3-2-4-9-17)26-22(28)15-32-25(31)18-10-7-11-19(14-18)27-23(29)20-12-5-6-13-21(20)24(27)30/h2-11,14,16,20-21H,12-13,15H2,1H3,(H,26,28)/t16-,20+,21+/m0/s1. The first-order valence-corrected chi connectivity index (χ1v) is 10.6. The largest absolute Gasteiger partial charge is 0.452 e. The molecule has 4 rings (SSSR count). The molecule has 0 radical (unpaired) electrons. The number of nitrogens with zero attached hydrogens (tertiary/aromatic N) is 1. The summed E-state index contributed by atoms with van der Waals surface area (Å²) < 4.78 is 5.14. The molecule has 1 saturated heterocycles. The minimum Gasteiger partial charge on any atom is -0.452 e. The van der Waals surface area contributed by atoms with Gasteiger partial charge in [-0.3, -0.25) is 19.3 Å². The molecule has 1 aliphatic heterocycles. The minimum absolute atomic E-state index is 0.167. The number of esters is 1. The number of rotatable bonds is 6. The maximum atomic E-state index is 12.8. The normalized spacial score (nSPS) is 20.6. The van der Waals surface area contributed by atoms with Crippen molar-refractivity contribution < 1.29 is 23.9 Å². The number of hydrogen-bond acceptors (Lipinski definition) is 5. The molecule has 32 heavy (non-hydrogen) atoms. The molecule has 7 nitrogen and oxygen atoms in total. The number of allylic oxidation sites excluding steroid dienone is 2. The number of fused-ring (bicyclic) bond motifs is 1. The highest BCUT2D eigenvalue weighted by atomic mass is 16.5. The molecule has 0 bridgehead atoms. The van der Waals surface area contributed by atoms with Gasteiger partial charge in [0.25, 0.3) is 5.91 Å². The Morgan fingerprint density at radius 1 is 1.00 bits per heavy atom. The lowest BCUT2D eigenvalue weighted by Gasteiger charge is -2.16. The lowest BCUT2D eigenvalue weighted by molar-refractivity contribution is -0.125. The van der Waals surface area contributed by atoms with Gasteiger partial charge in [0.2, 0.25) is 11.8 Å². The second-order valence-electron chi connectivity index (χ2n) is 7.99. The van der Waals surface area contributed by atoms with E-state index in [1.54, 1.807) is 12.1 Å². The highest BCUT2D eigenvalue weighted by Gasteiger charge is 2.47. The number of anilines is 1. The molecule has 2 aromatic carbocycles. The Hall–Kier alpha value is -3.74. The highest BCUT2D eigenvalue weighted by Crippen LogP contribution is 2.37. The fourth-order valence-corrected chi connectivity index (χ4v) is 4.15. The fraction of sp³-hybridized carbons (Fsp3) is 0.280. The van der Waals surface area contributed by atoms with Gasteiger partial charge in [-0.1, -0.05) is 48.6 Å². The maximum Gasteiger partial charge on any atom is 0.338 e. The van der Waals surface area contributed by atoms with Gasteiger partial charge in [-0.2, -0.15) is 0 Å². The third-order valence-corrected chi connectivity index (χ3v) is 5.86. The van der Waals surface area contributed by atoms with E-state index in [9.17, 15) is 19.2 Å². The van der Waals surface area contributed by atoms with E-state index in [2.05, 4.69) is 5.32 Å². The van der Waals surface area contributed by atoms with Crippen molar-refractivity contribution >= 4 is 29.4 Å². The fourth-order valence-electron chi connectivity index (χ4n) is 4.15. The van der Waals surface area contributed by atoms with Gasteiger partial charge < -0.3 is 10.1 Å². The Labute approximate surface area is 186 Å². The predicted octanol–water partition coefficient (Wildman–Crippen LogP) is 3.18.